The molecule has 2 aromatic rings. The highest BCUT2D eigenvalue weighted by Crippen LogP contribution is 2.18. The van der Waals surface area contributed by atoms with Crippen molar-refractivity contribution in [3.63, 3.8) is 0 Å². The number of hydrogen-bond acceptors (Lipinski definition) is 5. The van der Waals surface area contributed by atoms with Gasteiger partial charge >= 0.3 is 0 Å². The van der Waals surface area contributed by atoms with Gasteiger partial charge in [0.2, 0.25) is 5.16 Å². The SMILES string of the molecule is CC(=O)Sc1nncc(-c2ccccc2)n1. The summed E-state index contributed by atoms with van der Waals surface area (Å²) < 4.78 is 0. The summed E-state index contributed by atoms with van der Waals surface area (Å²) in [5.74, 6) is 0. The van der Waals surface area contributed by atoms with Gasteiger partial charge in [-0.1, -0.05) is 30.3 Å². The summed E-state index contributed by atoms with van der Waals surface area (Å²) in [5.41, 5.74) is 1.68. The van der Waals surface area contributed by atoms with Gasteiger partial charge in [-0.25, -0.2) is 4.98 Å². The molecule has 0 aliphatic rings. The minimum absolute atomic E-state index is 0.0491. The van der Waals surface area contributed by atoms with E-state index in [9.17, 15) is 4.79 Å². The van der Waals surface area contributed by atoms with Crippen molar-refractivity contribution < 1.29 is 4.79 Å². The van der Waals surface area contributed by atoms with Crippen LogP contribution in [0.4, 0.5) is 0 Å². The summed E-state index contributed by atoms with van der Waals surface area (Å²) in [6, 6.07) is 9.66. The molecule has 80 valence electrons. The standard InChI is InChI=1S/C11H9N3OS/c1-8(15)16-11-13-10(7-12-14-11)9-5-3-2-4-6-9/h2-7H,1H3. The van der Waals surface area contributed by atoms with Crippen LogP contribution >= 0.6 is 11.8 Å². The quantitative estimate of drug-likeness (QED) is 0.741. The molecule has 16 heavy (non-hydrogen) atoms. The van der Waals surface area contributed by atoms with Crippen molar-refractivity contribution in [3.8, 4) is 11.3 Å². The van der Waals surface area contributed by atoms with Gasteiger partial charge < -0.3 is 0 Å². The molecular weight excluding hydrogens is 222 g/mol. The number of carbonyl (C=O) groups excluding carboxylic acids is 1. The van der Waals surface area contributed by atoms with E-state index in [1.54, 1.807) is 6.20 Å². The second-order valence-corrected chi connectivity index (χ2v) is 4.23. The molecule has 0 saturated heterocycles. The summed E-state index contributed by atoms with van der Waals surface area (Å²) in [6.45, 7) is 1.48. The van der Waals surface area contributed by atoms with E-state index in [4.69, 9.17) is 0 Å². The predicted octanol–water partition coefficient (Wildman–Crippen LogP) is 2.18. The van der Waals surface area contributed by atoms with E-state index in [0.29, 0.717) is 5.16 Å². The highest BCUT2D eigenvalue weighted by Gasteiger charge is 2.05. The van der Waals surface area contributed by atoms with Crippen LogP contribution in [0.2, 0.25) is 0 Å². The van der Waals surface area contributed by atoms with Crippen molar-refractivity contribution in [2.75, 3.05) is 0 Å². The van der Waals surface area contributed by atoms with Gasteiger partial charge in [-0.2, -0.15) is 5.10 Å². The third-order valence-electron chi connectivity index (χ3n) is 1.84. The van der Waals surface area contributed by atoms with Gasteiger partial charge in [0.15, 0.2) is 5.12 Å². The van der Waals surface area contributed by atoms with Gasteiger partial charge in [0.25, 0.3) is 0 Å². The summed E-state index contributed by atoms with van der Waals surface area (Å²) in [6.07, 6.45) is 1.58. The minimum Gasteiger partial charge on any atom is -0.287 e. The van der Waals surface area contributed by atoms with Crippen molar-refractivity contribution in [1.82, 2.24) is 15.2 Å². The topological polar surface area (TPSA) is 55.7 Å². The molecule has 1 aromatic heterocycles. The lowest BCUT2D eigenvalue weighted by Crippen LogP contribution is -1.95. The third kappa shape index (κ3) is 2.64. The van der Waals surface area contributed by atoms with Gasteiger partial charge in [0, 0.05) is 12.5 Å². The zero-order valence-electron chi connectivity index (χ0n) is 8.62. The average molecular weight is 231 g/mol. The zero-order valence-corrected chi connectivity index (χ0v) is 9.44. The molecule has 1 heterocycles. The first-order chi connectivity index (χ1) is 7.75. The van der Waals surface area contributed by atoms with E-state index in [0.717, 1.165) is 23.0 Å². The Bertz CT molecular complexity index is 502. The van der Waals surface area contributed by atoms with Crippen LogP contribution in [-0.2, 0) is 4.79 Å². The number of thioether (sulfide) groups is 1. The van der Waals surface area contributed by atoms with E-state index in [2.05, 4.69) is 15.2 Å². The molecule has 0 saturated carbocycles. The Morgan fingerprint density at radius 2 is 2.00 bits per heavy atom. The molecule has 2 rings (SSSR count). The molecule has 0 fully saturated rings. The number of aromatic nitrogens is 3. The van der Waals surface area contributed by atoms with Gasteiger partial charge in [0.05, 0.1) is 11.9 Å². The molecular formula is C11H9N3OS. The Kier molecular flexibility index (Phi) is 3.26. The van der Waals surface area contributed by atoms with Crippen LogP contribution in [0, 0.1) is 0 Å². The molecule has 0 aliphatic carbocycles. The van der Waals surface area contributed by atoms with E-state index in [-0.39, 0.29) is 5.12 Å². The Balaban J connectivity index is 2.33. The summed E-state index contributed by atoms with van der Waals surface area (Å²) in [4.78, 5) is 15.2. The first kappa shape index (κ1) is 10.8. The number of nitrogens with zero attached hydrogens (tertiary/aromatic N) is 3. The fraction of sp³-hybridized carbons (Fsp3) is 0.0909. The van der Waals surface area contributed by atoms with Gasteiger partial charge in [-0.05, 0) is 11.8 Å². The smallest absolute Gasteiger partial charge is 0.217 e. The summed E-state index contributed by atoms with van der Waals surface area (Å²) in [5, 5.41) is 7.95. The summed E-state index contributed by atoms with van der Waals surface area (Å²) in [7, 11) is 0. The molecule has 0 spiro atoms. The first-order valence-corrected chi connectivity index (χ1v) is 5.51. The van der Waals surface area contributed by atoms with E-state index in [1.807, 2.05) is 30.3 Å². The summed E-state index contributed by atoms with van der Waals surface area (Å²) >= 11 is 0.984. The van der Waals surface area contributed by atoms with Crippen LogP contribution in [-0.4, -0.2) is 20.3 Å². The van der Waals surface area contributed by atoms with Gasteiger partial charge in [-0.15, -0.1) is 5.10 Å². The lowest BCUT2D eigenvalue weighted by Gasteiger charge is -2.00. The Hall–Kier alpha value is -1.75. The second-order valence-electron chi connectivity index (χ2n) is 3.08. The molecule has 0 bridgehead atoms. The molecule has 0 amide bonds. The second kappa shape index (κ2) is 4.85. The molecule has 0 atom stereocenters. The largest absolute Gasteiger partial charge is 0.287 e. The van der Waals surface area contributed by atoms with Crippen molar-refractivity contribution in [1.29, 1.82) is 0 Å². The van der Waals surface area contributed by atoms with Crippen LogP contribution in [0.1, 0.15) is 6.92 Å². The number of rotatable bonds is 2. The minimum atomic E-state index is -0.0491. The Labute approximate surface area is 97.1 Å². The third-order valence-corrected chi connectivity index (χ3v) is 2.49. The van der Waals surface area contributed by atoms with Crippen LogP contribution < -0.4 is 0 Å². The van der Waals surface area contributed by atoms with E-state index >= 15 is 0 Å². The number of carbonyl (C=O) groups is 1. The highest BCUT2D eigenvalue weighted by molar-refractivity contribution is 8.13. The fourth-order valence-electron chi connectivity index (χ4n) is 1.21. The maximum Gasteiger partial charge on any atom is 0.217 e. The fourth-order valence-corrected chi connectivity index (χ4v) is 1.70. The van der Waals surface area contributed by atoms with Gasteiger partial charge in [-0.3, -0.25) is 4.79 Å². The van der Waals surface area contributed by atoms with Crippen molar-refractivity contribution in [2.24, 2.45) is 0 Å². The first-order valence-electron chi connectivity index (χ1n) is 4.69. The molecule has 1 aromatic carbocycles. The lowest BCUT2D eigenvalue weighted by atomic mass is 10.2. The van der Waals surface area contributed by atoms with Crippen molar-refractivity contribution in [2.45, 2.75) is 12.1 Å². The van der Waals surface area contributed by atoms with Crippen LogP contribution in [0.5, 0.6) is 0 Å². The monoisotopic (exact) mass is 231 g/mol. The predicted molar refractivity (Wildman–Crippen MR) is 61.8 cm³/mol. The van der Waals surface area contributed by atoms with Crippen molar-refractivity contribution in [3.05, 3.63) is 36.5 Å². The van der Waals surface area contributed by atoms with Crippen LogP contribution in [0.15, 0.2) is 41.7 Å². The Morgan fingerprint density at radius 1 is 1.25 bits per heavy atom. The molecule has 4 nitrogen and oxygen atoms in total. The van der Waals surface area contributed by atoms with E-state index < -0.39 is 0 Å². The zero-order chi connectivity index (χ0) is 11.4. The normalized spacial score (nSPS) is 10.1. The lowest BCUT2D eigenvalue weighted by molar-refractivity contribution is -0.109. The van der Waals surface area contributed by atoms with Crippen LogP contribution in [0.25, 0.3) is 11.3 Å². The maximum atomic E-state index is 10.9. The number of benzene rings is 1. The van der Waals surface area contributed by atoms with E-state index in [1.165, 1.54) is 6.92 Å². The maximum absolute atomic E-state index is 10.9. The molecule has 0 unspecified atom stereocenters. The molecule has 5 heteroatoms. The Morgan fingerprint density at radius 3 is 2.69 bits per heavy atom. The molecule has 0 N–H and O–H groups in total. The molecule has 0 radical (unpaired) electrons. The molecule has 0 aliphatic heterocycles. The number of hydrogen-bond donors (Lipinski definition) is 0. The van der Waals surface area contributed by atoms with Crippen molar-refractivity contribution >= 4 is 16.9 Å². The van der Waals surface area contributed by atoms with Crippen LogP contribution in [0.3, 0.4) is 0 Å². The average Bonchev–Trinajstić information content (AvgIpc) is 2.30. The van der Waals surface area contributed by atoms with Gasteiger partial charge in [0.1, 0.15) is 0 Å². The highest BCUT2D eigenvalue weighted by atomic mass is 32.2.